The van der Waals surface area contributed by atoms with E-state index in [1.54, 1.807) is 36.4 Å². The highest BCUT2D eigenvalue weighted by molar-refractivity contribution is 7.99. The van der Waals surface area contributed by atoms with Crippen molar-refractivity contribution in [3.05, 3.63) is 84.7 Å². The summed E-state index contributed by atoms with van der Waals surface area (Å²) >= 11 is 1.24. The molecule has 0 aliphatic rings. The Labute approximate surface area is 194 Å². The van der Waals surface area contributed by atoms with Gasteiger partial charge >= 0.3 is 0 Å². The third kappa shape index (κ3) is 5.64. The van der Waals surface area contributed by atoms with Crippen LogP contribution in [0.3, 0.4) is 0 Å². The van der Waals surface area contributed by atoms with Crippen molar-refractivity contribution >= 4 is 35.0 Å². The molecule has 0 saturated heterocycles. The molecule has 4 rings (SSSR count). The predicted molar refractivity (Wildman–Crippen MR) is 127 cm³/mol. The Kier molecular flexibility index (Phi) is 6.80. The Bertz CT molecular complexity index is 1280. The zero-order valence-corrected chi connectivity index (χ0v) is 18.5. The molecular weight excluding hydrogens is 441 g/mol. The van der Waals surface area contributed by atoms with Crippen molar-refractivity contribution in [2.75, 3.05) is 16.4 Å². The summed E-state index contributed by atoms with van der Waals surface area (Å²) in [4.78, 5) is 23.8. The molecule has 3 aromatic carbocycles. The molecule has 0 unspecified atom stereocenters. The average molecular weight is 462 g/mol. The number of nitrogens with zero attached hydrogens (tertiary/aromatic N) is 3. The van der Waals surface area contributed by atoms with E-state index in [4.69, 9.17) is 0 Å². The van der Waals surface area contributed by atoms with Gasteiger partial charge in [0.2, 0.25) is 11.8 Å². The second-order valence-corrected chi connectivity index (χ2v) is 8.03. The minimum absolute atomic E-state index is 0.0960. The Hall–Kier alpha value is -3.98. The summed E-state index contributed by atoms with van der Waals surface area (Å²) < 4.78 is 15.2. The van der Waals surface area contributed by atoms with Gasteiger partial charge in [0.05, 0.1) is 5.75 Å². The van der Waals surface area contributed by atoms with Crippen molar-refractivity contribution < 1.29 is 14.0 Å². The van der Waals surface area contributed by atoms with E-state index in [0.717, 1.165) is 5.69 Å². The van der Waals surface area contributed by atoms with Gasteiger partial charge in [-0.05, 0) is 54.6 Å². The molecule has 0 aliphatic heterocycles. The first-order valence-electron chi connectivity index (χ1n) is 10.1. The summed E-state index contributed by atoms with van der Waals surface area (Å²) in [6, 6.07) is 22.5. The van der Waals surface area contributed by atoms with Crippen LogP contribution in [-0.4, -0.2) is 32.3 Å². The van der Waals surface area contributed by atoms with Crippen LogP contribution < -0.4 is 10.6 Å². The number of thioether (sulfide) groups is 1. The number of carbonyl (C=O) groups is 2. The number of halogens is 1. The molecular formula is C24H20FN5O2S. The molecule has 0 aliphatic carbocycles. The second-order valence-electron chi connectivity index (χ2n) is 7.08. The predicted octanol–water partition coefficient (Wildman–Crippen LogP) is 4.76. The van der Waals surface area contributed by atoms with E-state index < -0.39 is 0 Å². The SMILES string of the molecule is CC(=O)Nc1cccc(NC(=O)CSc2nnc(-c3ccc(F)cc3)n2-c2ccccc2)c1. The maximum absolute atomic E-state index is 13.4. The third-order valence-electron chi connectivity index (χ3n) is 4.55. The number of rotatable bonds is 7. The molecule has 0 fully saturated rings. The summed E-state index contributed by atoms with van der Waals surface area (Å²) in [6.45, 7) is 1.42. The third-order valence-corrected chi connectivity index (χ3v) is 5.48. The molecule has 9 heteroatoms. The van der Waals surface area contributed by atoms with E-state index in [-0.39, 0.29) is 23.4 Å². The second kappa shape index (κ2) is 10.1. The minimum atomic E-state index is -0.335. The molecule has 0 spiro atoms. The van der Waals surface area contributed by atoms with Crippen molar-refractivity contribution in [1.82, 2.24) is 14.8 Å². The van der Waals surface area contributed by atoms with Crippen molar-refractivity contribution in [1.29, 1.82) is 0 Å². The summed E-state index contributed by atoms with van der Waals surface area (Å²) in [7, 11) is 0. The number of hydrogen-bond acceptors (Lipinski definition) is 5. The highest BCUT2D eigenvalue weighted by atomic mass is 32.2. The fourth-order valence-electron chi connectivity index (χ4n) is 3.16. The van der Waals surface area contributed by atoms with E-state index in [1.165, 1.54) is 30.8 Å². The number of para-hydroxylation sites is 1. The van der Waals surface area contributed by atoms with Gasteiger partial charge in [0.25, 0.3) is 0 Å². The molecule has 2 N–H and O–H groups in total. The van der Waals surface area contributed by atoms with E-state index in [0.29, 0.717) is 27.9 Å². The first-order chi connectivity index (χ1) is 16.0. The maximum atomic E-state index is 13.4. The van der Waals surface area contributed by atoms with Crippen molar-refractivity contribution in [2.24, 2.45) is 0 Å². The van der Waals surface area contributed by atoms with Crippen LogP contribution in [0.1, 0.15) is 6.92 Å². The topological polar surface area (TPSA) is 88.9 Å². The lowest BCUT2D eigenvalue weighted by molar-refractivity contribution is -0.114. The maximum Gasteiger partial charge on any atom is 0.234 e. The molecule has 1 aromatic heterocycles. The first-order valence-corrected chi connectivity index (χ1v) is 11.1. The number of aromatic nitrogens is 3. The van der Waals surface area contributed by atoms with Crippen molar-refractivity contribution in [2.45, 2.75) is 12.1 Å². The van der Waals surface area contributed by atoms with Gasteiger partial charge in [0.1, 0.15) is 5.82 Å². The lowest BCUT2D eigenvalue weighted by atomic mass is 10.2. The standard InChI is InChI=1S/C24H20FN5O2S/c1-16(31)26-19-6-5-7-20(14-19)27-22(32)15-33-24-29-28-23(17-10-12-18(25)13-11-17)30(24)21-8-3-2-4-9-21/h2-14H,15H2,1H3,(H,26,31)(H,27,32). The molecule has 0 bridgehead atoms. The highest BCUT2D eigenvalue weighted by Crippen LogP contribution is 2.28. The Morgan fingerprint density at radius 1 is 0.909 bits per heavy atom. The normalized spacial score (nSPS) is 10.6. The van der Waals surface area contributed by atoms with Gasteiger partial charge in [0, 0.05) is 29.5 Å². The largest absolute Gasteiger partial charge is 0.326 e. The Morgan fingerprint density at radius 3 is 2.30 bits per heavy atom. The summed E-state index contributed by atoms with van der Waals surface area (Å²) in [5.41, 5.74) is 2.70. The smallest absolute Gasteiger partial charge is 0.234 e. The molecule has 0 radical (unpaired) electrons. The monoisotopic (exact) mass is 461 g/mol. The number of hydrogen-bond donors (Lipinski definition) is 2. The van der Waals surface area contributed by atoms with E-state index in [1.807, 2.05) is 34.9 Å². The zero-order valence-electron chi connectivity index (χ0n) is 17.7. The number of carbonyl (C=O) groups excluding carboxylic acids is 2. The lowest BCUT2D eigenvalue weighted by Crippen LogP contribution is -2.15. The molecule has 166 valence electrons. The number of benzene rings is 3. The van der Waals surface area contributed by atoms with Crippen molar-refractivity contribution in [3.8, 4) is 17.1 Å². The molecule has 4 aromatic rings. The van der Waals surface area contributed by atoms with E-state index in [2.05, 4.69) is 20.8 Å². The van der Waals surface area contributed by atoms with E-state index >= 15 is 0 Å². The van der Waals surface area contributed by atoms with Crippen LogP contribution in [0.15, 0.2) is 84.0 Å². The van der Waals surface area contributed by atoms with Crippen LogP contribution in [0.25, 0.3) is 17.1 Å². The Balaban J connectivity index is 1.53. The van der Waals surface area contributed by atoms with Crippen LogP contribution in [0, 0.1) is 5.82 Å². The molecule has 2 amide bonds. The molecule has 1 heterocycles. The fraction of sp³-hybridized carbons (Fsp3) is 0.0833. The van der Waals surface area contributed by atoms with Crippen LogP contribution >= 0.6 is 11.8 Å². The van der Waals surface area contributed by atoms with Gasteiger partial charge in [0.15, 0.2) is 11.0 Å². The molecule has 7 nitrogen and oxygen atoms in total. The van der Waals surface area contributed by atoms with Gasteiger partial charge in [-0.1, -0.05) is 36.0 Å². The summed E-state index contributed by atoms with van der Waals surface area (Å²) in [6.07, 6.45) is 0. The van der Waals surface area contributed by atoms with Crippen LogP contribution in [-0.2, 0) is 9.59 Å². The van der Waals surface area contributed by atoms with Gasteiger partial charge < -0.3 is 10.6 Å². The minimum Gasteiger partial charge on any atom is -0.326 e. The average Bonchev–Trinajstić information content (AvgIpc) is 3.22. The molecule has 0 atom stereocenters. The fourth-order valence-corrected chi connectivity index (χ4v) is 3.92. The highest BCUT2D eigenvalue weighted by Gasteiger charge is 2.17. The van der Waals surface area contributed by atoms with Crippen LogP contribution in [0.4, 0.5) is 15.8 Å². The number of amides is 2. The van der Waals surface area contributed by atoms with Crippen molar-refractivity contribution in [3.63, 3.8) is 0 Å². The quantitative estimate of drug-likeness (QED) is 0.387. The number of nitrogens with one attached hydrogen (secondary N) is 2. The van der Waals surface area contributed by atoms with Gasteiger partial charge in [-0.3, -0.25) is 14.2 Å². The van der Waals surface area contributed by atoms with Gasteiger partial charge in [-0.15, -0.1) is 10.2 Å². The summed E-state index contributed by atoms with van der Waals surface area (Å²) in [5.74, 6) is -0.110. The van der Waals surface area contributed by atoms with E-state index in [9.17, 15) is 14.0 Å². The number of anilines is 2. The van der Waals surface area contributed by atoms with Gasteiger partial charge in [-0.25, -0.2) is 4.39 Å². The van der Waals surface area contributed by atoms with Gasteiger partial charge in [-0.2, -0.15) is 0 Å². The van der Waals surface area contributed by atoms with Crippen LogP contribution in [0.2, 0.25) is 0 Å². The lowest BCUT2D eigenvalue weighted by Gasteiger charge is -2.11. The Morgan fingerprint density at radius 2 is 1.61 bits per heavy atom. The molecule has 33 heavy (non-hydrogen) atoms. The van der Waals surface area contributed by atoms with Crippen LogP contribution in [0.5, 0.6) is 0 Å². The first kappa shape index (κ1) is 22.2. The zero-order chi connectivity index (χ0) is 23.2. The molecule has 0 saturated carbocycles. The summed E-state index contributed by atoms with van der Waals surface area (Å²) in [5, 5.41) is 14.6.